The van der Waals surface area contributed by atoms with Gasteiger partial charge in [0.05, 0.1) is 38.5 Å². The van der Waals surface area contributed by atoms with E-state index in [1.165, 1.54) is 7.11 Å². The molecule has 2 heterocycles. The summed E-state index contributed by atoms with van der Waals surface area (Å²) in [5.41, 5.74) is 0.828. The van der Waals surface area contributed by atoms with E-state index >= 15 is 0 Å². The molecule has 0 N–H and O–H groups in total. The number of hydrogen-bond donors (Lipinski definition) is 0. The maximum atomic E-state index is 11.6. The average molecular weight is 342 g/mol. The number of methoxy groups -OCH3 is 2. The molecule has 0 saturated carbocycles. The predicted octanol–water partition coefficient (Wildman–Crippen LogP) is 1.80. The molecule has 0 aliphatic carbocycles. The summed E-state index contributed by atoms with van der Waals surface area (Å²) in [7, 11) is 3.11. The maximum absolute atomic E-state index is 11.6. The number of esters is 1. The minimum atomic E-state index is -0.689. The van der Waals surface area contributed by atoms with Gasteiger partial charge in [0.1, 0.15) is 6.10 Å². The maximum Gasteiger partial charge on any atom is 0.305 e. The van der Waals surface area contributed by atoms with Gasteiger partial charge in [-0.25, -0.2) is 0 Å². The largest absolute Gasteiger partial charge is 0.469 e. The van der Waals surface area contributed by atoms with Crippen molar-refractivity contribution in [1.82, 2.24) is 5.01 Å². The Morgan fingerprint density at radius 3 is 2.88 bits per heavy atom. The van der Waals surface area contributed by atoms with Gasteiger partial charge in [-0.3, -0.25) is 9.80 Å². The van der Waals surface area contributed by atoms with Gasteiger partial charge in [-0.15, -0.1) is 0 Å². The van der Waals surface area contributed by atoms with Crippen LogP contribution in [0.3, 0.4) is 0 Å². The third kappa shape index (κ3) is 4.91. The van der Waals surface area contributed by atoms with E-state index in [1.807, 2.05) is 20.8 Å². The van der Waals surface area contributed by atoms with Crippen molar-refractivity contribution in [1.29, 1.82) is 0 Å². The highest BCUT2D eigenvalue weighted by atomic mass is 16.7. The van der Waals surface area contributed by atoms with Gasteiger partial charge < -0.3 is 18.9 Å². The zero-order chi connectivity index (χ0) is 17.7. The number of ether oxygens (including phenoxy) is 4. The van der Waals surface area contributed by atoms with E-state index in [1.54, 1.807) is 7.11 Å². The highest BCUT2D eigenvalue weighted by molar-refractivity contribution is 5.91. The van der Waals surface area contributed by atoms with Crippen LogP contribution in [0.5, 0.6) is 0 Å². The van der Waals surface area contributed by atoms with Crippen LogP contribution in [0.25, 0.3) is 0 Å². The van der Waals surface area contributed by atoms with Crippen LogP contribution in [-0.4, -0.2) is 68.6 Å². The molecule has 2 aliphatic rings. The molecule has 24 heavy (non-hydrogen) atoms. The van der Waals surface area contributed by atoms with E-state index in [4.69, 9.17) is 24.0 Å². The van der Waals surface area contributed by atoms with Crippen molar-refractivity contribution < 1.29 is 23.7 Å². The lowest BCUT2D eigenvalue weighted by molar-refractivity contribution is -0.243. The fourth-order valence-electron chi connectivity index (χ4n) is 3.20. The molecule has 2 fully saturated rings. The molecule has 2 rings (SSSR count). The molecular weight excluding hydrogens is 312 g/mol. The first-order chi connectivity index (χ1) is 11.4. The molecule has 0 spiro atoms. The molecule has 138 valence electrons. The molecular formula is C17H30N2O5. The summed E-state index contributed by atoms with van der Waals surface area (Å²) in [5.74, 6) is -0.971. The second-order valence-electron chi connectivity index (χ2n) is 6.99. The van der Waals surface area contributed by atoms with Crippen LogP contribution < -0.4 is 0 Å². The van der Waals surface area contributed by atoms with Gasteiger partial charge in [0, 0.05) is 13.7 Å². The lowest BCUT2D eigenvalue weighted by atomic mass is 9.95. The first kappa shape index (κ1) is 19.1. The zero-order valence-corrected chi connectivity index (χ0v) is 15.4. The van der Waals surface area contributed by atoms with Crippen LogP contribution in [0.4, 0.5) is 0 Å². The van der Waals surface area contributed by atoms with E-state index in [0.717, 1.165) is 25.1 Å². The Hall–Kier alpha value is -1.18. The molecule has 3 atom stereocenters. The van der Waals surface area contributed by atoms with E-state index in [9.17, 15) is 4.79 Å². The fourth-order valence-corrected chi connectivity index (χ4v) is 3.20. The molecule has 2 aliphatic heterocycles. The fraction of sp³-hybridized carbons (Fsp3) is 0.882. The van der Waals surface area contributed by atoms with Crippen molar-refractivity contribution in [2.75, 3.05) is 34.0 Å². The summed E-state index contributed by atoms with van der Waals surface area (Å²) in [4.78, 5) is 11.6. The third-order valence-corrected chi connectivity index (χ3v) is 4.50. The molecule has 2 saturated heterocycles. The Morgan fingerprint density at radius 1 is 1.46 bits per heavy atom. The quantitative estimate of drug-likeness (QED) is 0.686. The van der Waals surface area contributed by atoms with E-state index in [-0.39, 0.29) is 30.5 Å². The summed E-state index contributed by atoms with van der Waals surface area (Å²) < 4.78 is 21.9. The van der Waals surface area contributed by atoms with Crippen molar-refractivity contribution in [3.8, 4) is 0 Å². The van der Waals surface area contributed by atoms with Gasteiger partial charge in [0.15, 0.2) is 5.79 Å². The highest BCUT2D eigenvalue weighted by Crippen LogP contribution is 2.28. The SMILES string of the molecule is COC[C@@H]1CCCN1/N=C1\COC(C)(C)O[C@H]1[C@H](C)CC(=O)OC. The molecule has 0 radical (unpaired) electrons. The molecule has 7 nitrogen and oxygen atoms in total. The first-order valence-electron chi connectivity index (χ1n) is 8.58. The average Bonchev–Trinajstić information content (AvgIpc) is 2.96. The summed E-state index contributed by atoms with van der Waals surface area (Å²) in [6, 6.07) is 0.286. The van der Waals surface area contributed by atoms with Crippen LogP contribution in [0.15, 0.2) is 5.10 Å². The number of nitrogens with zero attached hydrogens (tertiary/aromatic N) is 2. The summed E-state index contributed by atoms with van der Waals surface area (Å²) >= 11 is 0. The molecule has 0 amide bonds. The van der Waals surface area contributed by atoms with Crippen molar-refractivity contribution >= 4 is 11.7 Å². The number of carbonyl (C=O) groups excluding carboxylic acids is 1. The highest BCUT2D eigenvalue weighted by Gasteiger charge is 2.38. The molecule has 0 aromatic carbocycles. The minimum Gasteiger partial charge on any atom is -0.469 e. The van der Waals surface area contributed by atoms with Crippen molar-refractivity contribution in [2.24, 2.45) is 11.0 Å². The molecule has 0 unspecified atom stereocenters. The zero-order valence-electron chi connectivity index (χ0n) is 15.4. The summed E-state index contributed by atoms with van der Waals surface area (Å²) in [6.45, 7) is 7.70. The van der Waals surface area contributed by atoms with Gasteiger partial charge in [-0.05, 0) is 32.6 Å². The van der Waals surface area contributed by atoms with Crippen molar-refractivity contribution in [3.05, 3.63) is 0 Å². The number of carbonyl (C=O) groups is 1. The second-order valence-corrected chi connectivity index (χ2v) is 6.99. The van der Waals surface area contributed by atoms with Crippen molar-refractivity contribution in [3.63, 3.8) is 0 Å². The molecule has 0 aromatic rings. The number of hydrazone groups is 1. The Morgan fingerprint density at radius 2 is 2.21 bits per heavy atom. The summed E-state index contributed by atoms with van der Waals surface area (Å²) in [6.07, 6.45) is 2.19. The molecule has 7 heteroatoms. The van der Waals surface area contributed by atoms with Crippen molar-refractivity contribution in [2.45, 2.75) is 58.0 Å². The van der Waals surface area contributed by atoms with E-state index < -0.39 is 5.79 Å². The van der Waals surface area contributed by atoms with E-state index in [2.05, 4.69) is 5.01 Å². The van der Waals surface area contributed by atoms with Crippen LogP contribution in [0, 0.1) is 5.92 Å². The van der Waals surface area contributed by atoms with Gasteiger partial charge in [0.25, 0.3) is 0 Å². The monoisotopic (exact) mass is 342 g/mol. The Balaban J connectivity index is 2.15. The summed E-state index contributed by atoms with van der Waals surface area (Å²) in [5, 5.41) is 6.88. The second kappa shape index (κ2) is 8.27. The van der Waals surface area contributed by atoms with Crippen LogP contribution in [-0.2, 0) is 23.7 Å². The number of rotatable bonds is 6. The van der Waals surface area contributed by atoms with Gasteiger partial charge >= 0.3 is 5.97 Å². The Labute approximate surface area is 144 Å². The van der Waals surface area contributed by atoms with Crippen LogP contribution in [0.2, 0.25) is 0 Å². The van der Waals surface area contributed by atoms with E-state index in [0.29, 0.717) is 13.2 Å². The standard InChI is InChI=1S/C17H30N2O5/c1-12(9-15(20)22-5)16-14(11-23-17(2,3)24-16)18-19-8-6-7-13(19)10-21-4/h12-13,16H,6-11H2,1-5H3/b18-14+/t12-,13+,16+/m1/s1. The number of hydrogen-bond acceptors (Lipinski definition) is 7. The van der Waals surface area contributed by atoms with Crippen LogP contribution in [0.1, 0.15) is 40.0 Å². The van der Waals surface area contributed by atoms with Crippen LogP contribution >= 0.6 is 0 Å². The Bertz CT molecular complexity index is 466. The Kier molecular flexibility index (Phi) is 6.60. The van der Waals surface area contributed by atoms with Gasteiger partial charge in [-0.2, -0.15) is 5.10 Å². The third-order valence-electron chi connectivity index (χ3n) is 4.50. The minimum absolute atomic E-state index is 0.0390. The topological polar surface area (TPSA) is 69.6 Å². The molecule has 0 bridgehead atoms. The first-order valence-corrected chi connectivity index (χ1v) is 8.58. The lowest BCUT2D eigenvalue weighted by Gasteiger charge is -2.40. The smallest absolute Gasteiger partial charge is 0.305 e. The molecule has 0 aromatic heterocycles. The van der Waals surface area contributed by atoms with Gasteiger partial charge in [0.2, 0.25) is 0 Å². The normalized spacial score (nSPS) is 29.7. The predicted molar refractivity (Wildman–Crippen MR) is 89.7 cm³/mol. The van der Waals surface area contributed by atoms with Gasteiger partial charge in [-0.1, -0.05) is 6.92 Å². The lowest BCUT2D eigenvalue weighted by Crippen LogP contribution is -2.50.